The van der Waals surface area contributed by atoms with Gasteiger partial charge in [-0.15, -0.1) is 0 Å². The molecule has 3 aliphatic carbocycles. The van der Waals surface area contributed by atoms with Gasteiger partial charge in [-0.3, -0.25) is 14.4 Å². The number of amides is 1. The van der Waals surface area contributed by atoms with Crippen molar-refractivity contribution in [2.75, 3.05) is 40.2 Å². The van der Waals surface area contributed by atoms with Crippen molar-refractivity contribution in [3.8, 4) is 0 Å². The Kier molecular flexibility index (Phi) is 6.22. The van der Waals surface area contributed by atoms with E-state index in [9.17, 15) is 34.5 Å². The lowest BCUT2D eigenvalue weighted by atomic mass is 9.55. The number of fused-ring (bicyclic) bond motifs is 3. The molecule has 4 rings (SSSR count). The van der Waals surface area contributed by atoms with Crippen molar-refractivity contribution >= 4 is 29.1 Å². The molecular weight excluding hydrogens is 470 g/mol. The summed E-state index contributed by atoms with van der Waals surface area (Å²) in [6, 6.07) is 2.25. The first-order valence-corrected chi connectivity index (χ1v) is 11.6. The normalized spacial score (nSPS) is 31.5. The average molecular weight is 502 g/mol. The van der Waals surface area contributed by atoms with E-state index >= 15 is 0 Å². The van der Waals surface area contributed by atoms with Crippen LogP contribution in [0.15, 0.2) is 23.5 Å². The number of hydrogen-bond donors (Lipinski definition) is 4. The van der Waals surface area contributed by atoms with Crippen LogP contribution in [0.4, 0.5) is 5.69 Å². The predicted octanol–water partition coefficient (Wildman–Crippen LogP) is -0.567. The van der Waals surface area contributed by atoms with E-state index in [2.05, 4.69) is 0 Å². The van der Waals surface area contributed by atoms with E-state index in [0.717, 1.165) is 0 Å². The number of likely N-dealkylation sites (N-methyl/N-ethyl adjacent to an activating group) is 1. The van der Waals surface area contributed by atoms with E-state index in [0.29, 0.717) is 11.3 Å². The van der Waals surface area contributed by atoms with Gasteiger partial charge in [-0.05, 0) is 50.6 Å². The Morgan fingerprint density at radius 3 is 2.33 bits per heavy atom. The summed E-state index contributed by atoms with van der Waals surface area (Å²) < 4.78 is 4.86. The molecule has 0 aliphatic heterocycles. The Bertz CT molecular complexity index is 1210. The van der Waals surface area contributed by atoms with Crippen molar-refractivity contribution in [1.29, 1.82) is 0 Å². The van der Waals surface area contributed by atoms with Crippen LogP contribution >= 0.6 is 0 Å². The number of ketones is 2. The van der Waals surface area contributed by atoms with Crippen molar-refractivity contribution in [3.05, 3.63) is 40.2 Å². The highest BCUT2D eigenvalue weighted by molar-refractivity contribution is 6.18. The van der Waals surface area contributed by atoms with Gasteiger partial charge in [0.2, 0.25) is 5.91 Å². The molecule has 194 valence electrons. The number of rotatable bonds is 4. The van der Waals surface area contributed by atoms with Crippen LogP contribution in [0.5, 0.6) is 0 Å². The zero-order valence-corrected chi connectivity index (χ0v) is 20.8. The lowest BCUT2D eigenvalue weighted by Gasteiger charge is -2.53. The molecule has 1 aromatic carbocycles. The maximum Gasteiger partial charge on any atom is 0.338 e. The molecule has 0 saturated heterocycles. The molecule has 11 nitrogen and oxygen atoms in total. The first-order chi connectivity index (χ1) is 16.8. The summed E-state index contributed by atoms with van der Waals surface area (Å²) >= 11 is 0. The van der Waals surface area contributed by atoms with E-state index in [1.165, 1.54) is 13.2 Å². The highest BCUT2D eigenvalue weighted by Gasteiger charge is 2.66. The van der Waals surface area contributed by atoms with E-state index < -0.39 is 64.7 Å². The molecule has 2 unspecified atom stereocenters. The van der Waals surface area contributed by atoms with Crippen LogP contribution in [-0.2, 0) is 20.7 Å². The van der Waals surface area contributed by atoms with Gasteiger partial charge in [0.1, 0.15) is 11.7 Å². The van der Waals surface area contributed by atoms with E-state index in [1.54, 1.807) is 44.1 Å². The van der Waals surface area contributed by atoms with Gasteiger partial charge in [-0.25, -0.2) is 4.79 Å². The lowest BCUT2D eigenvalue weighted by molar-refractivity contribution is -0.178. The molecule has 1 saturated carbocycles. The first kappa shape index (κ1) is 25.8. The van der Waals surface area contributed by atoms with Crippen LogP contribution in [0.2, 0.25) is 0 Å². The number of ether oxygens (including phenoxy) is 1. The second kappa shape index (κ2) is 8.68. The molecular formula is C25H31N3O8. The second-order valence-electron chi connectivity index (χ2n) is 10.2. The van der Waals surface area contributed by atoms with E-state index in [1.807, 2.05) is 0 Å². The summed E-state index contributed by atoms with van der Waals surface area (Å²) in [5.41, 5.74) is 3.92. The molecule has 1 aromatic rings. The highest BCUT2D eigenvalue weighted by Crippen LogP contribution is 2.52. The van der Waals surface area contributed by atoms with Crippen LogP contribution in [-0.4, -0.2) is 96.7 Å². The molecule has 0 aromatic heterocycles. The Morgan fingerprint density at radius 1 is 1.17 bits per heavy atom. The number of aliphatic hydroxyl groups excluding tert-OH is 2. The zero-order valence-electron chi connectivity index (χ0n) is 20.8. The summed E-state index contributed by atoms with van der Waals surface area (Å²) in [5, 5.41) is 34.0. The number of carbonyl (C=O) groups is 4. The quantitative estimate of drug-likeness (QED) is 0.309. The summed E-state index contributed by atoms with van der Waals surface area (Å²) in [7, 11) is 8.01. The third-order valence-electron chi connectivity index (χ3n) is 7.86. The molecule has 36 heavy (non-hydrogen) atoms. The number of methoxy groups -OCH3 is 1. The number of allylic oxidation sites excluding steroid dienone is 1. The summed E-state index contributed by atoms with van der Waals surface area (Å²) in [6.07, 6.45) is -1.22. The van der Waals surface area contributed by atoms with E-state index in [-0.39, 0.29) is 29.5 Å². The number of nitrogens with zero attached hydrogens (tertiary/aromatic N) is 2. The monoisotopic (exact) mass is 501 g/mol. The number of carbonyl (C=O) groups excluding carboxylic acids is 4. The van der Waals surface area contributed by atoms with Crippen LogP contribution in [0.25, 0.3) is 0 Å². The van der Waals surface area contributed by atoms with Gasteiger partial charge in [0.25, 0.3) is 0 Å². The van der Waals surface area contributed by atoms with Crippen LogP contribution in [0, 0.1) is 17.8 Å². The average Bonchev–Trinajstić information content (AvgIpc) is 2.79. The Hall–Kier alpha value is -3.28. The number of esters is 1. The number of Topliss-reactive ketones (excluding diaryl/α,β-unsaturated/α-hetero) is 2. The third kappa shape index (κ3) is 3.37. The standard InChI is InChI=1S/C25H31N3O8/c1-27(2)14-7-6-11(24(34)36-5)16-12(14)8-10-9-13-18(28(3)4)20(30)17(23(26)33)22(32)25(13,35)21(31)15(10)19(16)29/h6-7,10,13,17-18,20,30-31,35H,8-9H2,1-5H3,(H2,26,33)/t10-,13-,17?,18-,20?,25-/m0/s1. The summed E-state index contributed by atoms with van der Waals surface area (Å²) in [5.74, 6) is -8.03. The van der Waals surface area contributed by atoms with Crippen LogP contribution in [0.1, 0.15) is 32.7 Å². The van der Waals surface area contributed by atoms with Crippen molar-refractivity contribution < 1.29 is 39.2 Å². The molecule has 0 radical (unpaired) electrons. The predicted molar refractivity (Wildman–Crippen MR) is 128 cm³/mol. The SMILES string of the molecule is COC(=O)c1ccc(N(C)C)c2c1C(=O)C1=C(O)[C@]3(O)C(=O)C(C(N)=O)C(O)[C@@H](N(C)C)[C@@H]3C[C@@H]1C2. The topological polar surface area (TPSA) is 171 Å². The number of aliphatic hydroxyl groups is 3. The third-order valence-corrected chi connectivity index (χ3v) is 7.86. The molecule has 6 atom stereocenters. The minimum Gasteiger partial charge on any atom is -0.508 e. The number of hydrogen-bond acceptors (Lipinski definition) is 10. The molecule has 3 aliphatic rings. The Morgan fingerprint density at radius 2 is 1.81 bits per heavy atom. The van der Waals surface area contributed by atoms with E-state index in [4.69, 9.17) is 10.5 Å². The highest BCUT2D eigenvalue weighted by atomic mass is 16.5. The smallest absolute Gasteiger partial charge is 0.338 e. The molecule has 11 heteroatoms. The van der Waals surface area contributed by atoms with Gasteiger partial charge in [-0.2, -0.15) is 0 Å². The summed E-state index contributed by atoms with van der Waals surface area (Å²) in [4.78, 5) is 55.3. The van der Waals surface area contributed by atoms with Gasteiger partial charge in [0.05, 0.1) is 18.8 Å². The second-order valence-corrected chi connectivity index (χ2v) is 10.2. The lowest BCUT2D eigenvalue weighted by Crippen LogP contribution is -2.71. The summed E-state index contributed by atoms with van der Waals surface area (Å²) in [6.45, 7) is 0. The van der Waals surface area contributed by atoms with Crippen molar-refractivity contribution in [1.82, 2.24) is 4.90 Å². The fraction of sp³-hybridized carbons (Fsp3) is 0.520. The molecule has 5 N–H and O–H groups in total. The molecule has 1 fully saturated rings. The minimum atomic E-state index is -2.61. The molecule has 0 spiro atoms. The number of primary amides is 1. The van der Waals surface area contributed by atoms with Gasteiger partial charge in [-0.1, -0.05) is 0 Å². The maximum absolute atomic E-state index is 13.9. The molecule has 1 amide bonds. The fourth-order valence-corrected chi connectivity index (χ4v) is 6.31. The number of anilines is 1. The largest absolute Gasteiger partial charge is 0.508 e. The van der Waals surface area contributed by atoms with Crippen molar-refractivity contribution in [2.45, 2.75) is 30.6 Å². The molecule has 0 bridgehead atoms. The van der Waals surface area contributed by atoms with Crippen LogP contribution in [0.3, 0.4) is 0 Å². The maximum atomic E-state index is 13.9. The minimum absolute atomic E-state index is 0.00235. The number of nitrogens with two attached hydrogens (primary N) is 1. The zero-order chi connectivity index (χ0) is 26.9. The number of benzene rings is 1. The first-order valence-electron chi connectivity index (χ1n) is 11.6. The van der Waals surface area contributed by atoms with Gasteiger partial charge >= 0.3 is 5.97 Å². The Balaban J connectivity index is 1.98. The van der Waals surface area contributed by atoms with Crippen molar-refractivity contribution in [2.24, 2.45) is 23.5 Å². The van der Waals surface area contributed by atoms with Crippen LogP contribution < -0.4 is 10.6 Å². The van der Waals surface area contributed by atoms with Gasteiger partial charge in [0, 0.05) is 42.9 Å². The van der Waals surface area contributed by atoms with Gasteiger partial charge < -0.3 is 35.6 Å². The Labute approximate surface area is 208 Å². The van der Waals surface area contributed by atoms with Gasteiger partial charge in [0.15, 0.2) is 17.2 Å². The van der Waals surface area contributed by atoms with Crippen molar-refractivity contribution in [3.63, 3.8) is 0 Å². The molecule has 0 heterocycles. The fourth-order valence-electron chi connectivity index (χ4n) is 6.31.